The Hall–Kier alpha value is -5.93. The number of rotatable bonds is 3. The van der Waals surface area contributed by atoms with Crippen LogP contribution in [0.25, 0.3) is 33.5 Å². The highest BCUT2D eigenvalue weighted by Crippen LogP contribution is 2.61. The van der Waals surface area contributed by atoms with Crippen molar-refractivity contribution in [2.75, 3.05) is 0 Å². The first kappa shape index (κ1) is 25.6. The molecule has 1 aromatic heterocycles. The molecule has 0 aliphatic carbocycles. The third-order valence-corrected chi connectivity index (χ3v) is 9.06. The predicted molar refractivity (Wildman–Crippen MR) is 179 cm³/mol. The van der Waals surface area contributed by atoms with E-state index in [1.165, 1.54) is 11.1 Å². The monoisotopic (exact) mass is 577 g/mol. The normalized spacial score (nSPS) is 15.6. The SMILES string of the molecule is c1ccc(-c2cccc(-c3ccc4c(c3)Oc3ccccc3C43c4ccccc4Oc4cc(-c5ccccn5)ccc43)c2)cc1. The summed E-state index contributed by atoms with van der Waals surface area (Å²) < 4.78 is 13.4. The van der Waals surface area contributed by atoms with Crippen molar-refractivity contribution in [2.24, 2.45) is 0 Å². The summed E-state index contributed by atoms with van der Waals surface area (Å²) in [7, 11) is 0. The Balaban J connectivity index is 1.28. The minimum Gasteiger partial charge on any atom is -0.457 e. The molecule has 3 nitrogen and oxygen atoms in total. The Morgan fingerprint density at radius 2 is 0.867 bits per heavy atom. The van der Waals surface area contributed by atoms with Gasteiger partial charge >= 0.3 is 0 Å². The summed E-state index contributed by atoms with van der Waals surface area (Å²) in [5.41, 5.74) is 10.3. The van der Waals surface area contributed by atoms with E-state index in [1.807, 2.05) is 42.6 Å². The van der Waals surface area contributed by atoms with E-state index in [0.29, 0.717) is 0 Å². The van der Waals surface area contributed by atoms with Crippen molar-refractivity contribution in [3.8, 4) is 56.5 Å². The zero-order valence-corrected chi connectivity index (χ0v) is 24.4. The maximum Gasteiger partial charge on any atom is 0.132 e. The van der Waals surface area contributed by atoms with Crippen molar-refractivity contribution in [1.82, 2.24) is 4.98 Å². The lowest BCUT2D eigenvalue weighted by molar-refractivity contribution is 0.399. The van der Waals surface area contributed by atoms with E-state index in [1.54, 1.807) is 0 Å². The number of ether oxygens (including phenoxy) is 2. The van der Waals surface area contributed by atoms with E-state index in [2.05, 4.69) is 126 Å². The van der Waals surface area contributed by atoms with Crippen molar-refractivity contribution < 1.29 is 9.47 Å². The van der Waals surface area contributed by atoms with Gasteiger partial charge in [0.1, 0.15) is 23.0 Å². The van der Waals surface area contributed by atoms with Crippen LogP contribution in [0.1, 0.15) is 22.3 Å². The van der Waals surface area contributed by atoms with Crippen molar-refractivity contribution in [2.45, 2.75) is 5.41 Å². The lowest BCUT2D eigenvalue weighted by Gasteiger charge is -2.45. The summed E-state index contributed by atoms with van der Waals surface area (Å²) in [5.74, 6) is 3.34. The lowest BCUT2D eigenvalue weighted by Crippen LogP contribution is -2.36. The Morgan fingerprint density at radius 3 is 1.53 bits per heavy atom. The summed E-state index contributed by atoms with van der Waals surface area (Å²) in [4.78, 5) is 4.61. The van der Waals surface area contributed by atoms with Crippen molar-refractivity contribution in [3.63, 3.8) is 0 Å². The molecule has 2 aliphatic rings. The van der Waals surface area contributed by atoms with Crippen LogP contribution in [0.2, 0.25) is 0 Å². The number of hydrogen-bond donors (Lipinski definition) is 0. The standard InChI is InChI=1S/C42H27NO2/c1-2-11-28(12-3-1)29-13-10-14-30(25-29)31-20-22-35-40(26-31)44-38-18-6-4-15-33(38)42(35)34-16-5-7-19-39(34)45-41-27-32(21-23-36(41)42)37-17-8-9-24-43-37/h1-27H. The first-order chi connectivity index (χ1) is 22.3. The van der Waals surface area contributed by atoms with Gasteiger partial charge in [-0.05, 0) is 64.7 Å². The number of hydrogen-bond acceptors (Lipinski definition) is 3. The molecular weight excluding hydrogens is 550 g/mol. The molecule has 0 amide bonds. The fraction of sp³-hybridized carbons (Fsp3) is 0.0238. The van der Waals surface area contributed by atoms with Gasteiger partial charge in [0.15, 0.2) is 0 Å². The highest BCUT2D eigenvalue weighted by atomic mass is 16.5. The average molecular weight is 578 g/mol. The van der Waals surface area contributed by atoms with Crippen LogP contribution in [-0.2, 0) is 5.41 Å². The van der Waals surface area contributed by atoms with Crippen LogP contribution < -0.4 is 9.47 Å². The Bertz CT molecular complexity index is 2210. The first-order valence-electron chi connectivity index (χ1n) is 15.2. The molecule has 212 valence electrons. The van der Waals surface area contributed by atoms with E-state index in [-0.39, 0.29) is 0 Å². The minimum atomic E-state index is -0.637. The molecule has 0 saturated heterocycles. The van der Waals surface area contributed by atoms with Crippen LogP contribution in [0, 0.1) is 0 Å². The van der Waals surface area contributed by atoms with Gasteiger partial charge in [0.2, 0.25) is 0 Å². The molecule has 0 bridgehead atoms. The molecule has 6 aromatic carbocycles. The summed E-state index contributed by atoms with van der Waals surface area (Å²) in [6, 6.07) is 55.1. The van der Waals surface area contributed by atoms with Gasteiger partial charge in [0.05, 0.1) is 11.1 Å². The van der Waals surface area contributed by atoms with Gasteiger partial charge in [0.25, 0.3) is 0 Å². The summed E-state index contributed by atoms with van der Waals surface area (Å²) in [6.07, 6.45) is 1.82. The minimum absolute atomic E-state index is 0.637. The molecule has 0 N–H and O–H groups in total. The molecule has 3 heterocycles. The molecule has 0 fully saturated rings. The van der Waals surface area contributed by atoms with Gasteiger partial charge in [-0.2, -0.15) is 0 Å². The van der Waals surface area contributed by atoms with E-state index in [0.717, 1.165) is 67.6 Å². The fourth-order valence-electron chi connectivity index (χ4n) is 7.05. The van der Waals surface area contributed by atoms with Gasteiger partial charge in [-0.15, -0.1) is 0 Å². The van der Waals surface area contributed by atoms with Crippen molar-refractivity contribution in [1.29, 1.82) is 0 Å². The number of pyridine rings is 1. The van der Waals surface area contributed by atoms with E-state index in [4.69, 9.17) is 9.47 Å². The van der Waals surface area contributed by atoms with E-state index >= 15 is 0 Å². The molecule has 3 heteroatoms. The third-order valence-electron chi connectivity index (χ3n) is 9.06. The lowest BCUT2D eigenvalue weighted by atomic mass is 9.62. The maximum absolute atomic E-state index is 6.75. The van der Waals surface area contributed by atoms with Gasteiger partial charge in [-0.3, -0.25) is 4.98 Å². The molecule has 1 atom stereocenters. The van der Waals surface area contributed by atoms with Gasteiger partial charge in [-0.25, -0.2) is 0 Å². The molecule has 7 aromatic rings. The second-order valence-corrected chi connectivity index (χ2v) is 11.5. The zero-order valence-electron chi connectivity index (χ0n) is 24.4. The largest absolute Gasteiger partial charge is 0.457 e. The molecular formula is C42H27NO2. The molecule has 1 spiro atoms. The van der Waals surface area contributed by atoms with Crippen molar-refractivity contribution >= 4 is 0 Å². The molecule has 0 radical (unpaired) electrons. The van der Waals surface area contributed by atoms with E-state index in [9.17, 15) is 0 Å². The molecule has 1 unspecified atom stereocenters. The Labute approximate surface area is 262 Å². The zero-order chi connectivity index (χ0) is 29.8. The summed E-state index contributed by atoms with van der Waals surface area (Å²) in [5, 5.41) is 0. The summed E-state index contributed by atoms with van der Waals surface area (Å²) >= 11 is 0. The van der Waals surface area contributed by atoms with Gasteiger partial charge in [0, 0.05) is 34.0 Å². The third kappa shape index (κ3) is 3.94. The van der Waals surface area contributed by atoms with E-state index < -0.39 is 5.41 Å². The fourth-order valence-corrected chi connectivity index (χ4v) is 7.05. The van der Waals surface area contributed by atoms with Crippen LogP contribution in [0.3, 0.4) is 0 Å². The highest BCUT2D eigenvalue weighted by Gasteiger charge is 2.50. The molecule has 45 heavy (non-hydrogen) atoms. The molecule has 0 saturated carbocycles. The average Bonchev–Trinajstić information content (AvgIpc) is 3.12. The summed E-state index contributed by atoms with van der Waals surface area (Å²) in [6.45, 7) is 0. The Kier molecular flexibility index (Phi) is 5.72. The van der Waals surface area contributed by atoms with Crippen LogP contribution >= 0.6 is 0 Å². The number of para-hydroxylation sites is 2. The van der Waals surface area contributed by atoms with Crippen LogP contribution in [0.5, 0.6) is 23.0 Å². The highest BCUT2D eigenvalue weighted by molar-refractivity contribution is 5.80. The number of aromatic nitrogens is 1. The van der Waals surface area contributed by atoms with Crippen LogP contribution in [-0.4, -0.2) is 4.98 Å². The maximum atomic E-state index is 6.75. The van der Waals surface area contributed by atoms with Crippen molar-refractivity contribution in [3.05, 3.63) is 186 Å². The van der Waals surface area contributed by atoms with Crippen LogP contribution in [0.15, 0.2) is 164 Å². The second kappa shape index (κ2) is 10.1. The quantitative estimate of drug-likeness (QED) is 0.209. The number of fused-ring (bicyclic) bond motifs is 8. The smallest absolute Gasteiger partial charge is 0.132 e. The predicted octanol–water partition coefficient (Wildman–Crippen LogP) is 10.7. The number of nitrogens with zero attached hydrogens (tertiary/aromatic N) is 1. The van der Waals surface area contributed by atoms with Crippen LogP contribution in [0.4, 0.5) is 0 Å². The Morgan fingerprint density at radius 1 is 0.356 bits per heavy atom. The number of benzene rings is 6. The van der Waals surface area contributed by atoms with Gasteiger partial charge in [-0.1, -0.05) is 115 Å². The topological polar surface area (TPSA) is 31.4 Å². The molecule has 9 rings (SSSR count). The first-order valence-corrected chi connectivity index (χ1v) is 15.2. The van der Waals surface area contributed by atoms with Gasteiger partial charge < -0.3 is 9.47 Å². The second-order valence-electron chi connectivity index (χ2n) is 11.5. The molecule has 2 aliphatic heterocycles.